The predicted octanol–water partition coefficient (Wildman–Crippen LogP) is 2.71. The third-order valence-electron chi connectivity index (χ3n) is 5.19. The van der Waals surface area contributed by atoms with E-state index in [9.17, 15) is 4.79 Å². The number of nitrogens with one attached hydrogen (secondary N) is 1. The summed E-state index contributed by atoms with van der Waals surface area (Å²) < 4.78 is 5.70. The molecule has 0 bridgehead atoms. The molecule has 1 unspecified atom stereocenters. The van der Waals surface area contributed by atoms with E-state index in [1.54, 1.807) is 6.26 Å². The number of halogens is 1. The maximum atomic E-state index is 12.5. The van der Waals surface area contributed by atoms with Gasteiger partial charge in [0, 0.05) is 30.6 Å². The molecule has 0 radical (unpaired) electrons. The van der Waals surface area contributed by atoms with Gasteiger partial charge in [-0.2, -0.15) is 0 Å². The highest BCUT2D eigenvalue weighted by atomic mass is 35.5. The fraction of sp³-hybridized carbons (Fsp3) is 0.500. The number of rotatable bonds is 3. The van der Waals surface area contributed by atoms with Crippen molar-refractivity contribution in [3.63, 3.8) is 0 Å². The lowest BCUT2D eigenvalue weighted by Gasteiger charge is -2.23. The normalized spacial score (nSPS) is 19.6. The summed E-state index contributed by atoms with van der Waals surface area (Å²) in [6.07, 6.45) is 6.77. The first-order chi connectivity index (χ1) is 10.7. The summed E-state index contributed by atoms with van der Waals surface area (Å²) in [5, 5.41) is 4.43. The number of amides is 1. The number of nitrogens with zero attached hydrogens (tertiary/aromatic N) is 1. The first-order valence-corrected chi connectivity index (χ1v) is 8.20. The summed E-state index contributed by atoms with van der Waals surface area (Å²) in [7, 11) is 1.92. The van der Waals surface area contributed by atoms with Gasteiger partial charge >= 0.3 is 0 Å². The number of carbonyl (C=O) groups excluding carboxylic acids is 1. The van der Waals surface area contributed by atoms with Crippen molar-refractivity contribution in [1.29, 1.82) is 0 Å². The molecule has 1 aliphatic carbocycles. The van der Waals surface area contributed by atoms with Crippen LogP contribution in [0.3, 0.4) is 0 Å². The molecular weight excluding hydrogens is 312 g/mol. The molecule has 124 valence electrons. The minimum atomic E-state index is 0. The smallest absolute Gasteiger partial charge is 0.227 e. The molecule has 1 atom stereocenters. The fourth-order valence-corrected chi connectivity index (χ4v) is 3.75. The molecular formula is C18H23ClN2O2. The van der Waals surface area contributed by atoms with Crippen molar-refractivity contribution in [2.45, 2.75) is 38.1 Å². The molecule has 0 saturated carbocycles. The zero-order valence-corrected chi connectivity index (χ0v) is 14.2. The van der Waals surface area contributed by atoms with Crippen molar-refractivity contribution in [3.05, 3.63) is 35.1 Å². The van der Waals surface area contributed by atoms with Crippen molar-refractivity contribution in [2.24, 2.45) is 0 Å². The predicted molar refractivity (Wildman–Crippen MR) is 93.2 cm³/mol. The first-order valence-electron chi connectivity index (χ1n) is 8.20. The van der Waals surface area contributed by atoms with Crippen LogP contribution in [0.25, 0.3) is 11.0 Å². The molecule has 1 saturated heterocycles. The molecule has 1 aromatic heterocycles. The summed E-state index contributed by atoms with van der Waals surface area (Å²) >= 11 is 0. The number of likely N-dealkylation sites (N-methyl/N-ethyl adjacent to an activating group) is 1. The van der Waals surface area contributed by atoms with Crippen molar-refractivity contribution in [3.8, 4) is 0 Å². The Labute approximate surface area is 142 Å². The molecule has 5 heteroatoms. The molecule has 1 fully saturated rings. The largest absolute Gasteiger partial charge is 0.464 e. The summed E-state index contributed by atoms with van der Waals surface area (Å²) in [5.74, 6) is 0.178. The molecule has 4 nitrogen and oxygen atoms in total. The minimum absolute atomic E-state index is 0. The lowest BCUT2D eigenvalue weighted by Crippen LogP contribution is -2.39. The van der Waals surface area contributed by atoms with E-state index in [1.807, 2.05) is 11.9 Å². The Morgan fingerprint density at radius 3 is 2.87 bits per heavy atom. The molecule has 23 heavy (non-hydrogen) atoms. The number of carbonyl (C=O) groups is 1. The highest BCUT2D eigenvalue weighted by Crippen LogP contribution is 2.30. The monoisotopic (exact) mass is 334 g/mol. The standard InChI is InChI=1S/C18H22N2O2.ClH/c1-20(15-5-6-19-10-15)18(21)9-14-11-22-17-8-13-4-2-3-12(13)7-16(14)17;/h7-8,11,15,19H,2-6,9-10H2,1H3;1H. The number of hydrogen-bond donors (Lipinski definition) is 1. The second-order valence-corrected chi connectivity index (χ2v) is 6.56. The summed E-state index contributed by atoms with van der Waals surface area (Å²) in [4.78, 5) is 14.4. The van der Waals surface area contributed by atoms with Gasteiger partial charge < -0.3 is 14.6 Å². The SMILES string of the molecule is CN(C(=O)Cc1coc2cc3c(cc12)CCC3)C1CCNC1.Cl. The van der Waals surface area contributed by atoms with Crippen LogP contribution in [-0.4, -0.2) is 37.0 Å². The molecule has 1 aromatic carbocycles. The van der Waals surface area contributed by atoms with E-state index < -0.39 is 0 Å². The van der Waals surface area contributed by atoms with E-state index in [2.05, 4.69) is 17.4 Å². The van der Waals surface area contributed by atoms with Crippen LogP contribution in [0, 0.1) is 0 Å². The highest BCUT2D eigenvalue weighted by Gasteiger charge is 2.24. The minimum Gasteiger partial charge on any atom is -0.464 e. The van der Waals surface area contributed by atoms with Gasteiger partial charge in [-0.05, 0) is 55.5 Å². The van der Waals surface area contributed by atoms with Crippen LogP contribution in [0.2, 0.25) is 0 Å². The Morgan fingerprint density at radius 2 is 2.13 bits per heavy atom. The lowest BCUT2D eigenvalue weighted by molar-refractivity contribution is -0.130. The van der Waals surface area contributed by atoms with Crippen molar-refractivity contribution in [2.75, 3.05) is 20.1 Å². The molecule has 1 amide bonds. The Bertz CT molecular complexity index is 719. The maximum Gasteiger partial charge on any atom is 0.227 e. The van der Waals surface area contributed by atoms with Crippen molar-refractivity contribution < 1.29 is 9.21 Å². The second kappa shape index (κ2) is 6.54. The summed E-state index contributed by atoms with van der Waals surface area (Å²) in [6.45, 7) is 1.91. The van der Waals surface area contributed by atoms with Crippen LogP contribution in [0.1, 0.15) is 29.5 Å². The van der Waals surface area contributed by atoms with Gasteiger partial charge in [-0.15, -0.1) is 12.4 Å². The fourth-order valence-electron chi connectivity index (χ4n) is 3.75. The zero-order valence-electron chi connectivity index (χ0n) is 13.4. The summed E-state index contributed by atoms with van der Waals surface area (Å²) in [5.41, 5.74) is 4.78. The van der Waals surface area contributed by atoms with E-state index in [0.717, 1.165) is 48.9 Å². The van der Waals surface area contributed by atoms with E-state index in [-0.39, 0.29) is 18.3 Å². The highest BCUT2D eigenvalue weighted by molar-refractivity contribution is 5.88. The average molecular weight is 335 g/mol. The molecule has 2 aliphatic rings. The second-order valence-electron chi connectivity index (χ2n) is 6.56. The van der Waals surface area contributed by atoms with Gasteiger partial charge in [-0.25, -0.2) is 0 Å². The molecule has 4 rings (SSSR count). The summed E-state index contributed by atoms with van der Waals surface area (Å²) in [6, 6.07) is 4.73. The van der Waals surface area contributed by atoms with E-state index >= 15 is 0 Å². The van der Waals surface area contributed by atoms with Gasteiger partial charge in [0.25, 0.3) is 0 Å². The number of aryl methyl sites for hydroxylation is 2. The lowest BCUT2D eigenvalue weighted by atomic mass is 10.0. The van der Waals surface area contributed by atoms with Gasteiger partial charge in [0.05, 0.1) is 12.7 Å². The van der Waals surface area contributed by atoms with Crippen LogP contribution in [0.5, 0.6) is 0 Å². The van der Waals surface area contributed by atoms with Crippen LogP contribution in [0.15, 0.2) is 22.8 Å². The van der Waals surface area contributed by atoms with E-state index in [4.69, 9.17) is 4.42 Å². The maximum absolute atomic E-state index is 12.5. The number of fused-ring (bicyclic) bond motifs is 2. The van der Waals surface area contributed by atoms with Gasteiger partial charge in [0.1, 0.15) is 5.58 Å². The van der Waals surface area contributed by atoms with Gasteiger partial charge in [0.2, 0.25) is 5.91 Å². The average Bonchev–Trinajstić information content (AvgIpc) is 3.25. The van der Waals surface area contributed by atoms with Crippen molar-refractivity contribution in [1.82, 2.24) is 10.2 Å². The molecule has 1 N–H and O–H groups in total. The Kier molecular flexibility index (Phi) is 4.64. The number of hydrogen-bond acceptors (Lipinski definition) is 3. The van der Waals surface area contributed by atoms with Crippen LogP contribution >= 0.6 is 12.4 Å². The van der Waals surface area contributed by atoms with Gasteiger partial charge in [0.15, 0.2) is 0 Å². The topological polar surface area (TPSA) is 45.5 Å². The van der Waals surface area contributed by atoms with Crippen molar-refractivity contribution >= 4 is 29.3 Å². The Balaban J connectivity index is 0.00000156. The quantitative estimate of drug-likeness (QED) is 0.938. The third-order valence-corrected chi connectivity index (χ3v) is 5.19. The number of furan rings is 1. The van der Waals surface area contributed by atoms with Gasteiger partial charge in [-0.3, -0.25) is 4.79 Å². The van der Waals surface area contributed by atoms with Crippen LogP contribution in [-0.2, 0) is 24.1 Å². The molecule has 0 spiro atoms. The molecule has 2 heterocycles. The van der Waals surface area contributed by atoms with Gasteiger partial charge in [-0.1, -0.05) is 0 Å². The first kappa shape index (κ1) is 16.3. The third kappa shape index (κ3) is 2.98. The Hall–Kier alpha value is -1.52. The van der Waals surface area contributed by atoms with E-state index in [1.165, 1.54) is 17.5 Å². The number of benzene rings is 1. The Morgan fingerprint density at radius 1 is 1.35 bits per heavy atom. The van der Waals surface area contributed by atoms with Crippen LogP contribution < -0.4 is 5.32 Å². The van der Waals surface area contributed by atoms with Crippen LogP contribution in [0.4, 0.5) is 0 Å². The zero-order chi connectivity index (χ0) is 15.1. The van der Waals surface area contributed by atoms with E-state index in [0.29, 0.717) is 12.5 Å². The molecule has 2 aromatic rings. The molecule has 1 aliphatic heterocycles.